The van der Waals surface area contributed by atoms with Crippen LogP contribution >= 0.6 is 12.6 Å². The van der Waals surface area contributed by atoms with Crippen molar-refractivity contribution in [2.75, 3.05) is 38.6 Å². The van der Waals surface area contributed by atoms with Crippen molar-refractivity contribution in [3.05, 3.63) is 35.9 Å². The number of hydrogen-bond donors (Lipinski definition) is 27. The van der Waals surface area contributed by atoms with E-state index >= 15 is 0 Å². The first-order chi connectivity index (χ1) is 64.3. The molecule has 0 aromatic heterocycles. The van der Waals surface area contributed by atoms with Crippen LogP contribution in [0.15, 0.2) is 30.3 Å². The molecule has 1 aromatic carbocycles. The maximum atomic E-state index is 14.6. The second kappa shape index (κ2) is 64.7. The number of guanidine groups is 1. The van der Waals surface area contributed by atoms with Crippen LogP contribution in [0.3, 0.4) is 0 Å². The average Bonchev–Trinajstić information content (AvgIpc) is 0.833. The van der Waals surface area contributed by atoms with Gasteiger partial charge in [0.15, 0.2) is 11.7 Å². The molecular formula is C89H150N22O25S. The lowest BCUT2D eigenvalue weighted by molar-refractivity contribution is -0.142. The number of ketones is 1. The summed E-state index contributed by atoms with van der Waals surface area (Å²) < 4.78 is 0. The molecule has 0 aliphatic carbocycles. The number of thiol groups is 1. The highest BCUT2D eigenvalue weighted by Crippen LogP contribution is 2.18. The molecule has 0 spiro atoms. The summed E-state index contributed by atoms with van der Waals surface area (Å²) in [5, 5.41) is 92.8. The van der Waals surface area contributed by atoms with Crippen molar-refractivity contribution in [2.45, 2.75) is 316 Å². The summed E-state index contributed by atoms with van der Waals surface area (Å²) in [6, 6.07) is -16.7. The molecule has 1 aromatic rings. The minimum absolute atomic E-state index is 0.0690. The highest BCUT2D eigenvalue weighted by molar-refractivity contribution is 7.80. The number of benzene rings is 1. The second-order valence-electron chi connectivity index (χ2n) is 35.7. The summed E-state index contributed by atoms with van der Waals surface area (Å²) in [5.41, 5.74) is 17.2. The number of aliphatic carboxylic acids is 2. The lowest BCUT2D eigenvalue weighted by Crippen LogP contribution is -2.62. The van der Waals surface area contributed by atoms with Crippen LogP contribution in [-0.2, 0) is 107 Å². The third-order valence-electron chi connectivity index (χ3n) is 21.7. The largest absolute Gasteiger partial charge is 0.481 e. The number of nitrogens with one attached hydrogen (secondary N) is 19. The van der Waals surface area contributed by atoms with Gasteiger partial charge < -0.3 is 133 Å². The molecule has 48 heteroatoms. The maximum absolute atomic E-state index is 14.6. The van der Waals surface area contributed by atoms with Crippen molar-refractivity contribution in [1.82, 2.24) is 95.7 Å². The van der Waals surface area contributed by atoms with Crippen LogP contribution in [0.5, 0.6) is 0 Å². The first kappa shape index (κ1) is 123. The van der Waals surface area contributed by atoms with Gasteiger partial charge in [-0.2, -0.15) is 12.6 Å². The Labute approximate surface area is 804 Å². The van der Waals surface area contributed by atoms with E-state index in [-0.39, 0.29) is 119 Å². The Morgan fingerprint density at radius 1 is 0.380 bits per heavy atom. The quantitative estimate of drug-likeness (QED) is 0.0126. The number of aliphatic hydroxyl groups excluding tert-OH is 2. The number of primary amides is 1. The molecule has 1 rings (SSSR count). The number of Topliss-reactive ketones (excluding diaryl/α,β-unsaturated/α-hetero) is 1. The predicted molar refractivity (Wildman–Crippen MR) is 505 cm³/mol. The zero-order valence-corrected chi connectivity index (χ0v) is 82.0. The monoisotopic (exact) mass is 1960 g/mol. The molecule has 0 aliphatic rings. The molecule has 0 saturated heterocycles. The van der Waals surface area contributed by atoms with Gasteiger partial charge >= 0.3 is 11.9 Å². The third kappa shape index (κ3) is 48.4. The molecule has 18 amide bonds. The third-order valence-corrected chi connectivity index (χ3v) is 22.0. The number of hydrogen-bond acceptors (Lipinski definition) is 26. The number of amides is 18. The van der Waals surface area contributed by atoms with Gasteiger partial charge in [-0.3, -0.25) is 106 Å². The van der Waals surface area contributed by atoms with Crippen molar-refractivity contribution in [3.63, 3.8) is 0 Å². The molecule has 29 N–H and O–H groups in total. The highest BCUT2D eigenvalue weighted by atomic mass is 32.1. The lowest BCUT2D eigenvalue weighted by Gasteiger charge is -2.30. The van der Waals surface area contributed by atoms with Crippen LogP contribution < -0.4 is 113 Å². The van der Waals surface area contributed by atoms with E-state index < -0.39 is 278 Å². The smallest absolute Gasteiger partial charge is 0.305 e. The molecule has 0 fully saturated rings. The lowest BCUT2D eigenvalue weighted by atomic mass is 9.96. The van der Waals surface area contributed by atoms with E-state index in [0.29, 0.717) is 24.8 Å². The summed E-state index contributed by atoms with van der Waals surface area (Å²) in [7, 11) is 0. The van der Waals surface area contributed by atoms with E-state index in [2.05, 4.69) is 108 Å². The molecule has 772 valence electrons. The van der Waals surface area contributed by atoms with Crippen LogP contribution in [0, 0.1) is 40.9 Å². The number of nitrogens with two attached hydrogens (primary N) is 3. The van der Waals surface area contributed by atoms with Crippen molar-refractivity contribution in [3.8, 4) is 0 Å². The topological polar surface area (TPSA) is 758 Å². The van der Waals surface area contributed by atoms with E-state index in [0.717, 1.165) is 0 Å². The zero-order valence-electron chi connectivity index (χ0n) is 81.1. The maximum Gasteiger partial charge on any atom is 0.305 e. The van der Waals surface area contributed by atoms with Gasteiger partial charge in [0.05, 0.1) is 38.6 Å². The molecule has 0 bridgehead atoms. The van der Waals surface area contributed by atoms with E-state index in [4.69, 9.17) is 22.6 Å². The van der Waals surface area contributed by atoms with Crippen LogP contribution in [0.4, 0.5) is 0 Å². The number of rotatable bonds is 68. The van der Waals surface area contributed by atoms with Gasteiger partial charge in [-0.25, -0.2) is 0 Å². The number of carboxylic acid groups (broad SMARTS) is 2. The van der Waals surface area contributed by atoms with Gasteiger partial charge in [-0.1, -0.05) is 133 Å². The first-order valence-electron chi connectivity index (χ1n) is 46.3. The Morgan fingerprint density at radius 2 is 0.745 bits per heavy atom. The SMILES string of the molecule is CCCC(=O)[C@H](CC(C)C)NC(=O)[C@H](CC(=O)O)NC(=O)[C@@H](NC(=O)[C@H](CCC(=O)O)NC(=O)[C@H](CO)NC(=O)[C@@H](NC(=O)[C@H](CO)NC(=O)[C@H](CC(C)C)NC(=O)[C@H](CC(C)C)NC(=O)[C@H](CC(C)C)NC(=O)[C@H](CS)NC(=O)[C@H](CC(N)=O)NC(=O)[C@H](Cc1ccccc1)NC(=O)CNC(=O)[C@H](CCCNC(=N)N)NC(=O)[C@H](CCCCN)NC(=O)[C@H](C)NC(C)=O)[C@@H](C)CC)[C@@H](C)CC. The standard InChI is InChI=1S/C89H150N22O25S/c1-16-25-67(115)57(34-45(4)5)101-83(131)63(40-71(120)121)106-87(135)72(49(12)17-2)110-77(125)56(30-31-70(118)119)100-84(132)64(42-112)108-88(136)73(50(13)18-3)111-85(133)65(43-113)107-80(128)60(37-48(10)11)103-78(126)58(35-46(6)7)102-79(127)59(36-47(8)9)104-86(134)66(44-137)109-82(130)62(39-68(91)116)105-81(129)61(38-53-26-20-19-21-27-53)97-69(117)41-95-75(123)54(29-24-33-94-89(92)93)99-76(124)55(28-22-23-32-90)98-74(122)51(14)96-52(15)114/h19-21,26-27,45-51,54-66,72-73,112-113,137H,16-18,22-25,28-44,90H2,1-15H3,(H2,91,116)(H,95,123)(H,96,114)(H,97,117)(H,98,122)(H,99,124)(H,100,132)(H,101,131)(H,102,127)(H,103,126)(H,104,134)(H,105,129)(H,106,135)(H,107,128)(H,108,136)(H,109,130)(H,110,125)(H,111,133)(H,118,119)(H,120,121)(H4,92,93,94)/t49-,50-,51-,54-,55-,56-,57-,58-,59-,60-,61-,62-,63-,64-,65-,66-,72-,73-/m0/s1. The van der Waals surface area contributed by atoms with Crippen LogP contribution in [0.1, 0.15) is 219 Å². The van der Waals surface area contributed by atoms with E-state index in [1.807, 2.05) is 0 Å². The molecule has 0 saturated carbocycles. The van der Waals surface area contributed by atoms with Gasteiger partial charge in [0.2, 0.25) is 106 Å². The summed E-state index contributed by atoms with van der Waals surface area (Å²) in [4.78, 5) is 287. The van der Waals surface area contributed by atoms with Gasteiger partial charge in [0, 0.05) is 38.5 Å². The van der Waals surface area contributed by atoms with Crippen molar-refractivity contribution in [1.29, 1.82) is 5.41 Å². The molecule has 0 heterocycles. The molecule has 137 heavy (non-hydrogen) atoms. The van der Waals surface area contributed by atoms with Crippen molar-refractivity contribution in [2.24, 2.45) is 52.7 Å². The minimum Gasteiger partial charge on any atom is -0.481 e. The molecule has 0 unspecified atom stereocenters. The number of carbonyl (C=O) groups excluding carboxylic acids is 19. The Bertz CT molecular complexity index is 4210. The summed E-state index contributed by atoms with van der Waals surface area (Å²) >= 11 is 4.29. The van der Waals surface area contributed by atoms with Gasteiger partial charge in [-0.15, -0.1) is 0 Å². The normalized spacial score (nSPS) is 15.1. The highest BCUT2D eigenvalue weighted by Gasteiger charge is 2.41. The first-order valence-corrected chi connectivity index (χ1v) is 46.9. The molecular weight excluding hydrogens is 1810 g/mol. The minimum atomic E-state index is -1.95. The van der Waals surface area contributed by atoms with E-state index in [9.17, 15) is 121 Å². The van der Waals surface area contributed by atoms with Crippen LogP contribution in [0.2, 0.25) is 0 Å². The molecule has 0 radical (unpaired) electrons. The predicted octanol–water partition coefficient (Wildman–Crippen LogP) is -4.69. The number of carboxylic acids is 2. The average molecular weight is 1960 g/mol. The molecule has 47 nitrogen and oxygen atoms in total. The van der Waals surface area contributed by atoms with Crippen molar-refractivity contribution >= 4 is 143 Å². The summed E-state index contributed by atoms with van der Waals surface area (Å²) in [6.45, 7) is 21.6. The van der Waals surface area contributed by atoms with E-state index in [1.165, 1.54) is 27.7 Å². The number of aliphatic hydroxyl groups is 2. The number of unbranched alkanes of at least 4 members (excludes halogenated alkanes) is 1. The Morgan fingerprint density at radius 3 is 1.18 bits per heavy atom. The summed E-state index contributed by atoms with van der Waals surface area (Å²) in [6.07, 6.45) is -1.87. The Balaban J connectivity index is 3.59. The van der Waals surface area contributed by atoms with Crippen LogP contribution in [0.25, 0.3) is 0 Å². The van der Waals surface area contributed by atoms with Crippen molar-refractivity contribution < 1.29 is 121 Å². The zero-order chi connectivity index (χ0) is 104. The van der Waals surface area contributed by atoms with Gasteiger partial charge in [0.25, 0.3) is 0 Å². The van der Waals surface area contributed by atoms with Crippen LogP contribution in [-0.4, -0.2) is 286 Å². The second-order valence-corrected chi connectivity index (χ2v) is 36.0. The van der Waals surface area contributed by atoms with Gasteiger partial charge in [-0.05, 0) is 125 Å². The van der Waals surface area contributed by atoms with Gasteiger partial charge in [0.1, 0.15) is 90.6 Å². The molecule has 18 atom stereocenters. The Hall–Kier alpha value is -12.2. The number of carbonyl (C=O) groups is 21. The van der Waals surface area contributed by atoms with E-state index in [1.54, 1.807) is 106 Å². The fourth-order valence-corrected chi connectivity index (χ4v) is 14.1. The Kier molecular flexibility index (Phi) is 58.0. The summed E-state index contributed by atoms with van der Waals surface area (Å²) in [5.74, 6) is -25.0. The molecule has 0 aliphatic heterocycles. The fraction of sp³-hybridized carbons (Fsp3) is 0.685. The fourth-order valence-electron chi connectivity index (χ4n) is 13.9.